The van der Waals surface area contributed by atoms with E-state index in [1.165, 1.54) is 56.3 Å². The Labute approximate surface area is 117 Å². The van der Waals surface area contributed by atoms with Gasteiger partial charge in [-0.05, 0) is 56.0 Å². The number of nitrogens with zero attached hydrogens (tertiary/aromatic N) is 1. The third kappa shape index (κ3) is 3.30. The van der Waals surface area contributed by atoms with Gasteiger partial charge in [0.1, 0.15) is 5.75 Å². The van der Waals surface area contributed by atoms with Crippen LogP contribution in [0.4, 0.5) is 0 Å². The lowest BCUT2D eigenvalue weighted by Gasteiger charge is -2.29. The molecule has 0 fully saturated rings. The predicted molar refractivity (Wildman–Crippen MR) is 80.6 cm³/mol. The maximum Gasteiger partial charge on any atom is 0.119 e. The van der Waals surface area contributed by atoms with Crippen LogP contribution in [0.1, 0.15) is 63.1 Å². The van der Waals surface area contributed by atoms with Crippen LogP contribution in [-0.4, -0.2) is 23.1 Å². The van der Waals surface area contributed by atoms with E-state index < -0.39 is 0 Å². The number of rotatable bonds is 7. The molecule has 2 nitrogen and oxygen atoms in total. The summed E-state index contributed by atoms with van der Waals surface area (Å²) in [6.45, 7) is 6.89. The zero-order chi connectivity index (χ0) is 13.7. The minimum Gasteiger partial charge on any atom is -0.508 e. The van der Waals surface area contributed by atoms with Crippen molar-refractivity contribution in [2.45, 2.75) is 58.4 Å². The van der Waals surface area contributed by atoms with Gasteiger partial charge in [0.2, 0.25) is 0 Å². The predicted octanol–water partition coefficient (Wildman–Crippen LogP) is 4.28. The van der Waals surface area contributed by atoms with E-state index >= 15 is 0 Å². The molecule has 0 bridgehead atoms. The summed E-state index contributed by atoms with van der Waals surface area (Å²) in [7, 11) is 0. The zero-order valence-electron chi connectivity index (χ0n) is 12.4. The number of phenols is 1. The quantitative estimate of drug-likeness (QED) is 0.792. The largest absolute Gasteiger partial charge is 0.508 e. The summed E-state index contributed by atoms with van der Waals surface area (Å²) in [5, 5.41) is 9.96. The van der Waals surface area contributed by atoms with Gasteiger partial charge in [0.15, 0.2) is 0 Å². The topological polar surface area (TPSA) is 23.5 Å². The molecule has 1 aliphatic carbocycles. The van der Waals surface area contributed by atoms with Crippen LogP contribution in [0.2, 0.25) is 0 Å². The standard InChI is InChI=1S/C17H27NO/c1-3-5-12-18(13-6-4-2)16-11-10-15-14(16)8-7-9-17(15)19/h7-9,16,19H,3-6,10-13H2,1-2H3. The van der Waals surface area contributed by atoms with Crippen molar-refractivity contribution in [3.05, 3.63) is 29.3 Å². The van der Waals surface area contributed by atoms with Crippen LogP contribution in [0.15, 0.2) is 18.2 Å². The second-order valence-electron chi connectivity index (χ2n) is 5.64. The van der Waals surface area contributed by atoms with Gasteiger partial charge < -0.3 is 5.11 Å². The van der Waals surface area contributed by atoms with E-state index in [0.717, 1.165) is 6.42 Å². The molecule has 1 N–H and O–H groups in total. The van der Waals surface area contributed by atoms with Crippen LogP contribution in [0.3, 0.4) is 0 Å². The van der Waals surface area contributed by atoms with Gasteiger partial charge in [-0.15, -0.1) is 0 Å². The van der Waals surface area contributed by atoms with E-state index in [0.29, 0.717) is 11.8 Å². The molecule has 0 spiro atoms. The summed E-state index contributed by atoms with van der Waals surface area (Å²) in [5.74, 6) is 0.492. The number of phenolic OH excluding ortho intramolecular Hbond substituents is 1. The van der Waals surface area contributed by atoms with Gasteiger partial charge in [0, 0.05) is 6.04 Å². The van der Waals surface area contributed by atoms with E-state index in [2.05, 4.69) is 24.8 Å². The first-order chi connectivity index (χ1) is 9.27. The van der Waals surface area contributed by atoms with Crippen molar-refractivity contribution in [1.29, 1.82) is 0 Å². The van der Waals surface area contributed by atoms with Crippen LogP contribution in [0.5, 0.6) is 5.75 Å². The number of hydrogen-bond acceptors (Lipinski definition) is 2. The van der Waals surface area contributed by atoms with Crippen molar-refractivity contribution in [3.63, 3.8) is 0 Å². The van der Waals surface area contributed by atoms with E-state index in [-0.39, 0.29) is 0 Å². The molecule has 19 heavy (non-hydrogen) atoms. The number of unbranched alkanes of at least 4 members (excludes halogenated alkanes) is 2. The van der Waals surface area contributed by atoms with Crippen molar-refractivity contribution < 1.29 is 5.11 Å². The summed E-state index contributed by atoms with van der Waals surface area (Å²) in [5.41, 5.74) is 2.55. The third-order valence-corrected chi connectivity index (χ3v) is 4.25. The summed E-state index contributed by atoms with van der Waals surface area (Å²) < 4.78 is 0. The molecule has 0 heterocycles. The Bertz CT molecular complexity index is 394. The second-order valence-corrected chi connectivity index (χ2v) is 5.64. The highest BCUT2D eigenvalue weighted by molar-refractivity contribution is 5.44. The maximum atomic E-state index is 9.96. The molecule has 0 radical (unpaired) electrons. The van der Waals surface area contributed by atoms with E-state index in [4.69, 9.17) is 0 Å². The molecule has 106 valence electrons. The average molecular weight is 261 g/mol. The van der Waals surface area contributed by atoms with E-state index in [9.17, 15) is 5.11 Å². The Hall–Kier alpha value is -1.02. The molecule has 2 heteroatoms. The molecule has 0 aromatic heterocycles. The Kier molecular flexibility index (Phi) is 5.26. The van der Waals surface area contributed by atoms with Crippen LogP contribution in [-0.2, 0) is 6.42 Å². The maximum absolute atomic E-state index is 9.96. The van der Waals surface area contributed by atoms with Gasteiger partial charge >= 0.3 is 0 Å². The number of aromatic hydroxyl groups is 1. The molecule has 1 unspecified atom stereocenters. The lowest BCUT2D eigenvalue weighted by molar-refractivity contribution is 0.190. The van der Waals surface area contributed by atoms with Gasteiger partial charge in [0.25, 0.3) is 0 Å². The minimum absolute atomic E-state index is 0.492. The fourth-order valence-corrected chi connectivity index (χ4v) is 3.14. The highest BCUT2D eigenvalue weighted by Gasteiger charge is 2.28. The van der Waals surface area contributed by atoms with Crippen molar-refractivity contribution in [3.8, 4) is 5.75 Å². The van der Waals surface area contributed by atoms with Crippen LogP contribution >= 0.6 is 0 Å². The zero-order valence-corrected chi connectivity index (χ0v) is 12.4. The third-order valence-electron chi connectivity index (χ3n) is 4.25. The summed E-state index contributed by atoms with van der Waals surface area (Å²) in [6.07, 6.45) is 7.25. The van der Waals surface area contributed by atoms with Crippen molar-refractivity contribution in [1.82, 2.24) is 4.90 Å². The molecule has 0 saturated carbocycles. The first kappa shape index (κ1) is 14.4. The fourth-order valence-electron chi connectivity index (χ4n) is 3.14. The minimum atomic E-state index is 0.492. The Balaban J connectivity index is 2.13. The number of hydrogen-bond donors (Lipinski definition) is 1. The van der Waals surface area contributed by atoms with E-state index in [1.807, 2.05) is 12.1 Å². The molecule has 0 aliphatic heterocycles. The van der Waals surface area contributed by atoms with Gasteiger partial charge in [-0.1, -0.05) is 38.8 Å². The second kappa shape index (κ2) is 6.95. The highest BCUT2D eigenvalue weighted by atomic mass is 16.3. The lowest BCUT2D eigenvalue weighted by atomic mass is 10.1. The van der Waals surface area contributed by atoms with Gasteiger partial charge in [-0.25, -0.2) is 0 Å². The average Bonchev–Trinajstić information content (AvgIpc) is 2.84. The van der Waals surface area contributed by atoms with Crippen LogP contribution in [0, 0.1) is 0 Å². The first-order valence-electron chi connectivity index (χ1n) is 7.82. The molecule has 0 saturated heterocycles. The Morgan fingerprint density at radius 2 is 1.84 bits per heavy atom. The van der Waals surface area contributed by atoms with Crippen molar-refractivity contribution in [2.24, 2.45) is 0 Å². The van der Waals surface area contributed by atoms with Gasteiger partial charge in [0.05, 0.1) is 0 Å². The molecule has 1 aromatic carbocycles. The lowest BCUT2D eigenvalue weighted by Crippen LogP contribution is -2.29. The smallest absolute Gasteiger partial charge is 0.119 e. The normalized spacial score (nSPS) is 17.9. The molecule has 2 rings (SSSR count). The molecule has 1 atom stereocenters. The van der Waals surface area contributed by atoms with Gasteiger partial charge in [-0.3, -0.25) is 4.90 Å². The molecule has 1 aliphatic rings. The van der Waals surface area contributed by atoms with Crippen LogP contribution in [0.25, 0.3) is 0 Å². The Morgan fingerprint density at radius 3 is 2.47 bits per heavy atom. The summed E-state index contributed by atoms with van der Waals surface area (Å²) >= 11 is 0. The van der Waals surface area contributed by atoms with Crippen molar-refractivity contribution >= 4 is 0 Å². The van der Waals surface area contributed by atoms with Gasteiger partial charge in [-0.2, -0.15) is 0 Å². The first-order valence-corrected chi connectivity index (χ1v) is 7.82. The highest BCUT2D eigenvalue weighted by Crippen LogP contribution is 2.39. The number of fused-ring (bicyclic) bond motifs is 1. The molecular weight excluding hydrogens is 234 g/mol. The van der Waals surface area contributed by atoms with Crippen molar-refractivity contribution in [2.75, 3.05) is 13.1 Å². The van der Waals surface area contributed by atoms with E-state index in [1.54, 1.807) is 0 Å². The summed E-state index contributed by atoms with van der Waals surface area (Å²) in [6, 6.07) is 6.55. The Morgan fingerprint density at radius 1 is 1.16 bits per heavy atom. The monoisotopic (exact) mass is 261 g/mol. The summed E-state index contributed by atoms with van der Waals surface area (Å²) in [4.78, 5) is 2.64. The SMILES string of the molecule is CCCCN(CCCC)C1CCc2c(O)cccc21. The molecular formula is C17H27NO. The molecule has 0 amide bonds. The molecule has 1 aromatic rings. The fraction of sp³-hybridized carbons (Fsp3) is 0.647. The van der Waals surface area contributed by atoms with Crippen LogP contribution < -0.4 is 0 Å². The number of benzene rings is 1.